The lowest BCUT2D eigenvalue weighted by Crippen LogP contribution is -2.49. The van der Waals surface area contributed by atoms with Crippen molar-refractivity contribution in [3.63, 3.8) is 0 Å². The number of piperazine rings is 1. The van der Waals surface area contributed by atoms with Crippen LogP contribution in [0.25, 0.3) is 10.8 Å². The van der Waals surface area contributed by atoms with Gasteiger partial charge in [-0.25, -0.2) is 0 Å². The number of carbonyl (C=O) groups is 2. The molecule has 3 aromatic rings. The Morgan fingerprint density at radius 2 is 1.57 bits per heavy atom. The zero-order valence-corrected chi connectivity index (χ0v) is 16.8. The van der Waals surface area contributed by atoms with Crippen molar-refractivity contribution in [2.24, 2.45) is 5.73 Å². The molecule has 3 aromatic carbocycles. The highest BCUT2D eigenvalue weighted by Gasteiger charge is 2.21. The summed E-state index contributed by atoms with van der Waals surface area (Å²) in [6.07, 6.45) is 0. The predicted octanol–water partition coefficient (Wildman–Crippen LogP) is 2.66. The van der Waals surface area contributed by atoms with Crippen molar-refractivity contribution in [3.8, 4) is 5.75 Å². The van der Waals surface area contributed by atoms with E-state index in [1.165, 1.54) is 0 Å². The van der Waals surface area contributed by atoms with Gasteiger partial charge in [-0.15, -0.1) is 0 Å². The number of benzene rings is 3. The molecule has 1 aliphatic heterocycles. The second-order valence-electron chi connectivity index (χ2n) is 7.48. The van der Waals surface area contributed by atoms with Crippen molar-refractivity contribution in [1.82, 2.24) is 9.80 Å². The first-order valence-corrected chi connectivity index (χ1v) is 10.1. The van der Waals surface area contributed by atoms with Crippen molar-refractivity contribution in [1.29, 1.82) is 0 Å². The first-order valence-electron chi connectivity index (χ1n) is 10.1. The maximum atomic E-state index is 12.6. The van der Waals surface area contributed by atoms with Gasteiger partial charge in [0.1, 0.15) is 5.75 Å². The van der Waals surface area contributed by atoms with Crippen LogP contribution < -0.4 is 10.5 Å². The van der Waals surface area contributed by atoms with Crippen LogP contribution in [0, 0.1) is 0 Å². The Morgan fingerprint density at radius 3 is 2.30 bits per heavy atom. The summed E-state index contributed by atoms with van der Waals surface area (Å²) in [4.78, 5) is 27.9. The molecule has 6 nitrogen and oxygen atoms in total. The summed E-state index contributed by atoms with van der Waals surface area (Å²) in [5, 5.41) is 2.11. The number of ether oxygens (including phenoxy) is 1. The molecule has 0 saturated carbocycles. The van der Waals surface area contributed by atoms with Crippen LogP contribution in [0.2, 0.25) is 0 Å². The fourth-order valence-electron chi connectivity index (χ4n) is 3.74. The number of primary amides is 1. The van der Waals surface area contributed by atoms with Crippen LogP contribution in [-0.2, 0) is 11.3 Å². The van der Waals surface area contributed by atoms with Crippen molar-refractivity contribution >= 4 is 22.6 Å². The minimum Gasteiger partial charge on any atom is -0.483 e. The molecular weight excluding hydrogens is 378 g/mol. The van der Waals surface area contributed by atoms with Crippen molar-refractivity contribution < 1.29 is 14.3 Å². The highest BCUT2D eigenvalue weighted by Crippen LogP contribution is 2.25. The summed E-state index contributed by atoms with van der Waals surface area (Å²) >= 11 is 0. The molecular formula is C24H25N3O3. The molecule has 6 heteroatoms. The van der Waals surface area contributed by atoms with E-state index in [-0.39, 0.29) is 12.5 Å². The van der Waals surface area contributed by atoms with Crippen molar-refractivity contribution in [2.45, 2.75) is 6.54 Å². The smallest absolute Gasteiger partial charge is 0.260 e. The lowest BCUT2D eigenvalue weighted by atomic mass is 10.1. The van der Waals surface area contributed by atoms with E-state index in [9.17, 15) is 9.59 Å². The maximum Gasteiger partial charge on any atom is 0.260 e. The van der Waals surface area contributed by atoms with Gasteiger partial charge >= 0.3 is 0 Å². The van der Waals surface area contributed by atoms with Gasteiger partial charge < -0.3 is 15.4 Å². The molecule has 0 aliphatic carbocycles. The first-order chi connectivity index (χ1) is 14.6. The Labute approximate surface area is 175 Å². The molecule has 2 amide bonds. The average Bonchev–Trinajstić information content (AvgIpc) is 2.78. The van der Waals surface area contributed by atoms with Crippen LogP contribution in [0.4, 0.5) is 0 Å². The van der Waals surface area contributed by atoms with Crippen LogP contribution >= 0.6 is 0 Å². The Bertz CT molecular complexity index is 1040. The molecule has 0 bridgehead atoms. The lowest BCUT2D eigenvalue weighted by Gasteiger charge is -2.34. The van der Waals surface area contributed by atoms with Gasteiger partial charge in [-0.1, -0.05) is 48.5 Å². The van der Waals surface area contributed by atoms with E-state index in [4.69, 9.17) is 10.5 Å². The van der Waals surface area contributed by atoms with Gasteiger partial charge in [-0.05, 0) is 29.1 Å². The van der Waals surface area contributed by atoms with Gasteiger partial charge in [0, 0.05) is 43.7 Å². The van der Waals surface area contributed by atoms with Crippen LogP contribution in [0.1, 0.15) is 15.9 Å². The van der Waals surface area contributed by atoms with Gasteiger partial charge in [-0.3, -0.25) is 14.5 Å². The van der Waals surface area contributed by atoms with Gasteiger partial charge in [0.2, 0.25) is 5.91 Å². The molecule has 1 aliphatic rings. The van der Waals surface area contributed by atoms with Gasteiger partial charge in [0.15, 0.2) is 6.61 Å². The SMILES string of the molecule is NC(=O)c1ccc(CN2CCN(C(=O)COc3cccc4ccccc34)CC2)cc1. The fourth-order valence-corrected chi connectivity index (χ4v) is 3.74. The topological polar surface area (TPSA) is 75.9 Å². The number of fused-ring (bicyclic) bond motifs is 1. The molecule has 0 unspecified atom stereocenters. The van der Waals surface area contributed by atoms with Crippen LogP contribution in [0.5, 0.6) is 5.75 Å². The standard InChI is InChI=1S/C24H25N3O3/c25-24(29)20-10-8-18(9-11-20)16-26-12-14-27(15-13-26)23(28)17-30-22-7-3-5-19-4-1-2-6-21(19)22/h1-11H,12-17H2,(H2,25,29). The Balaban J connectivity index is 1.27. The molecule has 154 valence electrons. The number of nitrogens with two attached hydrogens (primary N) is 1. The molecule has 0 aromatic heterocycles. The van der Waals surface area contributed by atoms with E-state index in [1.807, 2.05) is 59.5 Å². The van der Waals surface area contributed by atoms with E-state index in [0.29, 0.717) is 18.7 Å². The van der Waals surface area contributed by atoms with E-state index >= 15 is 0 Å². The quantitative estimate of drug-likeness (QED) is 0.687. The van der Waals surface area contributed by atoms with E-state index in [1.54, 1.807) is 12.1 Å². The summed E-state index contributed by atoms with van der Waals surface area (Å²) in [5.41, 5.74) is 6.92. The molecule has 0 atom stereocenters. The fraction of sp³-hybridized carbons (Fsp3) is 0.250. The number of nitrogens with zero attached hydrogens (tertiary/aromatic N) is 2. The Kier molecular flexibility index (Phi) is 5.95. The molecule has 4 rings (SSSR count). The van der Waals surface area contributed by atoms with E-state index in [2.05, 4.69) is 4.90 Å². The Hall–Kier alpha value is -3.38. The Morgan fingerprint density at radius 1 is 0.867 bits per heavy atom. The number of hydrogen-bond acceptors (Lipinski definition) is 4. The second kappa shape index (κ2) is 8.97. The summed E-state index contributed by atoms with van der Waals surface area (Å²) in [6, 6.07) is 21.2. The number of carbonyl (C=O) groups excluding carboxylic acids is 2. The molecule has 30 heavy (non-hydrogen) atoms. The molecule has 1 saturated heterocycles. The van der Waals surface area contributed by atoms with E-state index < -0.39 is 5.91 Å². The van der Waals surface area contributed by atoms with Gasteiger partial charge in [-0.2, -0.15) is 0 Å². The monoisotopic (exact) mass is 403 g/mol. The number of hydrogen-bond donors (Lipinski definition) is 1. The van der Waals surface area contributed by atoms with Gasteiger partial charge in [0.05, 0.1) is 0 Å². The summed E-state index contributed by atoms with van der Waals surface area (Å²) in [5.74, 6) is 0.326. The highest BCUT2D eigenvalue weighted by atomic mass is 16.5. The van der Waals surface area contributed by atoms with E-state index in [0.717, 1.165) is 41.7 Å². The number of rotatable bonds is 6. The minimum absolute atomic E-state index is 0.00777. The zero-order valence-electron chi connectivity index (χ0n) is 16.8. The highest BCUT2D eigenvalue weighted by molar-refractivity contribution is 5.92. The average molecular weight is 403 g/mol. The van der Waals surface area contributed by atoms with Gasteiger partial charge in [0.25, 0.3) is 5.91 Å². The molecule has 1 heterocycles. The lowest BCUT2D eigenvalue weighted by molar-refractivity contribution is -0.135. The largest absolute Gasteiger partial charge is 0.483 e. The van der Waals surface area contributed by atoms with Crippen molar-refractivity contribution in [2.75, 3.05) is 32.8 Å². The maximum absolute atomic E-state index is 12.6. The normalized spacial score (nSPS) is 14.6. The third kappa shape index (κ3) is 4.60. The summed E-state index contributed by atoms with van der Waals surface area (Å²) in [6.45, 7) is 3.79. The number of amides is 2. The minimum atomic E-state index is -0.417. The van der Waals surface area contributed by atoms with Crippen LogP contribution in [0.3, 0.4) is 0 Å². The predicted molar refractivity (Wildman–Crippen MR) is 116 cm³/mol. The third-order valence-electron chi connectivity index (χ3n) is 5.47. The second-order valence-corrected chi connectivity index (χ2v) is 7.48. The summed E-state index contributed by atoms with van der Waals surface area (Å²) in [7, 11) is 0. The zero-order chi connectivity index (χ0) is 20.9. The molecule has 0 spiro atoms. The van der Waals surface area contributed by atoms with Crippen LogP contribution in [0.15, 0.2) is 66.7 Å². The molecule has 1 fully saturated rings. The first kappa shape index (κ1) is 19.9. The third-order valence-corrected chi connectivity index (χ3v) is 5.47. The summed E-state index contributed by atoms with van der Waals surface area (Å²) < 4.78 is 5.84. The van der Waals surface area contributed by atoms with Crippen molar-refractivity contribution in [3.05, 3.63) is 77.9 Å². The molecule has 2 N–H and O–H groups in total. The molecule has 0 radical (unpaired) electrons. The van der Waals surface area contributed by atoms with Crippen LogP contribution in [-0.4, -0.2) is 54.4 Å².